The lowest BCUT2D eigenvalue weighted by atomic mass is 10.0. The summed E-state index contributed by atoms with van der Waals surface area (Å²) >= 11 is 0. The molecule has 0 unspecified atom stereocenters. The third-order valence-electron chi connectivity index (χ3n) is 2.75. The summed E-state index contributed by atoms with van der Waals surface area (Å²) in [6.45, 7) is 3.99. The Morgan fingerprint density at radius 1 is 1.24 bits per heavy atom. The molecule has 0 fully saturated rings. The average Bonchev–Trinajstić information content (AvgIpc) is 2.82. The second kappa shape index (κ2) is 4.87. The van der Waals surface area contributed by atoms with Crippen molar-refractivity contribution in [3.05, 3.63) is 59.5 Å². The number of nitrogens with one attached hydrogen (secondary N) is 1. The van der Waals surface area contributed by atoms with Gasteiger partial charge < -0.3 is 9.73 Å². The summed E-state index contributed by atoms with van der Waals surface area (Å²) in [5.74, 6) is 0.149. The molecule has 0 saturated heterocycles. The lowest BCUT2D eigenvalue weighted by Crippen LogP contribution is -2.26. The van der Waals surface area contributed by atoms with Crippen LogP contribution < -0.4 is 5.32 Å². The number of hydrogen-bond acceptors (Lipinski definition) is 2. The number of amides is 1. The average molecular weight is 229 g/mol. The monoisotopic (exact) mass is 229 g/mol. The zero-order valence-corrected chi connectivity index (χ0v) is 9.94. The van der Waals surface area contributed by atoms with E-state index in [1.54, 1.807) is 12.1 Å². The van der Waals surface area contributed by atoms with Gasteiger partial charge in [-0.2, -0.15) is 0 Å². The van der Waals surface area contributed by atoms with E-state index in [4.69, 9.17) is 4.42 Å². The number of rotatable bonds is 3. The number of hydrogen-bond donors (Lipinski definition) is 1. The molecular formula is C14H15NO2. The predicted octanol–water partition coefficient (Wildman–Crippen LogP) is 3.08. The molecule has 3 heteroatoms. The number of furan rings is 1. The van der Waals surface area contributed by atoms with Crippen molar-refractivity contribution >= 4 is 5.91 Å². The maximum atomic E-state index is 11.8. The van der Waals surface area contributed by atoms with E-state index >= 15 is 0 Å². The molecule has 1 atom stereocenters. The van der Waals surface area contributed by atoms with Crippen LogP contribution >= 0.6 is 0 Å². The quantitative estimate of drug-likeness (QED) is 0.878. The smallest absolute Gasteiger partial charge is 0.287 e. The van der Waals surface area contributed by atoms with Gasteiger partial charge in [0.05, 0.1) is 12.3 Å². The van der Waals surface area contributed by atoms with E-state index in [1.165, 1.54) is 11.8 Å². The summed E-state index contributed by atoms with van der Waals surface area (Å²) in [4.78, 5) is 11.8. The molecule has 3 nitrogen and oxygen atoms in total. The molecule has 0 spiro atoms. The zero-order valence-electron chi connectivity index (χ0n) is 9.94. The van der Waals surface area contributed by atoms with E-state index in [2.05, 4.69) is 5.32 Å². The van der Waals surface area contributed by atoms with Gasteiger partial charge >= 0.3 is 0 Å². The molecule has 0 radical (unpaired) electrons. The molecule has 2 aromatic rings. The van der Waals surface area contributed by atoms with Crippen LogP contribution in [0.4, 0.5) is 0 Å². The van der Waals surface area contributed by atoms with Gasteiger partial charge in [-0.25, -0.2) is 0 Å². The number of benzene rings is 1. The van der Waals surface area contributed by atoms with Gasteiger partial charge in [-0.15, -0.1) is 0 Å². The van der Waals surface area contributed by atoms with Gasteiger partial charge in [-0.1, -0.05) is 24.3 Å². The molecule has 1 amide bonds. The van der Waals surface area contributed by atoms with Crippen LogP contribution in [-0.4, -0.2) is 5.91 Å². The van der Waals surface area contributed by atoms with Crippen LogP contribution in [0.1, 0.15) is 34.6 Å². The van der Waals surface area contributed by atoms with E-state index < -0.39 is 0 Å². The van der Waals surface area contributed by atoms with Crippen molar-refractivity contribution in [3.63, 3.8) is 0 Å². The molecule has 88 valence electrons. The minimum Gasteiger partial charge on any atom is -0.459 e. The number of carbonyl (C=O) groups excluding carboxylic acids is 1. The molecular weight excluding hydrogens is 214 g/mol. The van der Waals surface area contributed by atoms with Gasteiger partial charge in [0.15, 0.2) is 5.76 Å². The molecule has 0 aliphatic rings. The summed E-state index contributed by atoms with van der Waals surface area (Å²) in [5.41, 5.74) is 2.28. The molecule has 0 aliphatic heterocycles. The molecule has 0 bridgehead atoms. The summed E-state index contributed by atoms with van der Waals surface area (Å²) in [6, 6.07) is 11.3. The number of carbonyl (C=O) groups is 1. The topological polar surface area (TPSA) is 42.2 Å². The molecule has 0 saturated carbocycles. The van der Waals surface area contributed by atoms with E-state index in [0.29, 0.717) is 5.76 Å². The Kier molecular flexibility index (Phi) is 3.28. The second-order valence-corrected chi connectivity index (χ2v) is 4.03. The first kappa shape index (κ1) is 11.5. The Bertz CT molecular complexity index is 503. The summed E-state index contributed by atoms with van der Waals surface area (Å²) < 4.78 is 5.05. The van der Waals surface area contributed by atoms with Crippen LogP contribution in [-0.2, 0) is 0 Å². The van der Waals surface area contributed by atoms with Crippen molar-refractivity contribution in [2.75, 3.05) is 0 Å². The van der Waals surface area contributed by atoms with Crippen molar-refractivity contribution < 1.29 is 9.21 Å². The SMILES string of the molecule is Cc1ccccc1[C@@H](C)NC(=O)c1ccco1. The van der Waals surface area contributed by atoms with Crippen LogP contribution in [0.25, 0.3) is 0 Å². The van der Waals surface area contributed by atoms with Gasteiger partial charge in [0.2, 0.25) is 0 Å². The van der Waals surface area contributed by atoms with Crippen LogP contribution in [0.5, 0.6) is 0 Å². The fourth-order valence-electron chi connectivity index (χ4n) is 1.83. The van der Waals surface area contributed by atoms with Crippen LogP contribution in [0.2, 0.25) is 0 Å². The molecule has 1 aromatic heterocycles. The maximum Gasteiger partial charge on any atom is 0.287 e. The molecule has 17 heavy (non-hydrogen) atoms. The standard InChI is InChI=1S/C14H15NO2/c1-10-6-3-4-7-12(10)11(2)15-14(16)13-8-5-9-17-13/h3-9,11H,1-2H3,(H,15,16)/t11-/m1/s1. The first-order chi connectivity index (χ1) is 8.18. The van der Waals surface area contributed by atoms with Crippen LogP contribution in [0.3, 0.4) is 0 Å². The minimum atomic E-state index is -0.189. The third-order valence-corrected chi connectivity index (χ3v) is 2.75. The first-order valence-electron chi connectivity index (χ1n) is 5.58. The Labute approximate surface area is 100 Å². The highest BCUT2D eigenvalue weighted by Crippen LogP contribution is 2.17. The summed E-state index contributed by atoms with van der Waals surface area (Å²) in [7, 11) is 0. The van der Waals surface area contributed by atoms with Gasteiger partial charge in [0, 0.05) is 0 Å². The maximum absolute atomic E-state index is 11.8. The zero-order chi connectivity index (χ0) is 12.3. The third kappa shape index (κ3) is 2.56. The minimum absolute atomic E-state index is 0.0335. The second-order valence-electron chi connectivity index (χ2n) is 4.03. The molecule has 2 rings (SSSR count). The fraction of sp³-hybridized carbons (Fsp3) is 0.214. The summed E-state index contributed by atoms with van der Waals surface area (Å²) in [6.07, 6.45) is 1.49. The van der Waals surface area contributed by atoms with Gasteiger partial charge in [0.25, 0.3) is 5.91 Å². The van der Waals surface area contributed by atoms with Crippen molar-refractivity contribution in [3.8, 4) is 0 Å². The lowest BCUT2D eigenvalue weighted by Gasteiger charge is -2.15. The Hall–Kier alpha value is -2.03. The largest absolute Gasteiger partial charge is 0.459 e. The Balaban J connectivity index is 2.10. The fourth-order valence-corrected chi connectivity index (χ4v) is 1.83. The summed E-state index contributed by atoms with van der Waals surface area (Å²) in [5, 5.41) is 2.91. The molecule has 1 heterocycles. The highest BCUT2D eigenvalue weighted by Gasteiger charge is 2.14. The lowest BCUT2D eigenvalue weighted by molar-refractivity contribution is 0.0912. The molecule has 1 N–H and O–H groups in total. The van der Waals surface area contributed by atoms with E-state index in [-0.39, 0.29) is 11.9 Å². The normalized spacial score (nSPS) is 12.1. The van der Waals surface area contributed by atoms with Crippen molar-refractivity contribution in [1.29, 1.82) is 0 Å². The highest BCUT2D eigenvalue weighted by atomic mass is 16.3. The highest BCUT2D eigenvalue weighted by molar-refractivity contribution is 5.91. The van der Waals surface area contributed by atoms with Gasteiger partial charge in [0.1, 0.15) is 0 Å². The number of aryl methyl sites for hydroxylation is 1. The Morgan fingerprint density at radius 3 is 2.65 bits per heavy atom. The van der Waals surface area contributed by atoms with Gasteiger partial charge in [-0.05, 0) is 37.1 Å². The van der Waals surface area contributed by atoms with Crippen LogP contribution in [0, 0.1) is 6.92 Å². The Morgan fingerprint density at radius 2 is 2.00 bits per heavy atom. The van der Waals surface area contributed by atoms with E-state index in [1.807, 2.05) is 38.1 Å². The predicted molar refractivity (Wildman–Crippen MR) is 65.8 cm³/mol. The van der Waals surface area contributed by atoms with E-state index in [9.17, 15) is 4.79 Å². The molecule has 1 aromatic carbocycles. The molecule has 0 aliphatic carbocycles. The van der Waals surface area contributed by atoms with Crippen molar-refractivity contribution in [1.82, 2.24) is 5.32 Å². The van der Waals surface area contributed by atoms with E-state index in [0.717, 1.165) is 5.56 Å². The van der Waals surface area contributed by atoms with Gasteiger partial charge in [-0.3, -0.25) is 4.79 Å². The first-order valence-corrected chi connectivity index (χ1v) is 5.58. The van der Waals surface area contributed by atoms with Crippen molar-refractivity contribution in [2.24, 2.45) is 0 Å². The van der Waals surface area contributed by atoms with Crippen molar-refractivity contribution in [2.45, 2.75) is 19.9 Å². The van der Waals surface area contributed by atoms with Crippen LogP contribution in [0.15, 0.2) is 47.1 Å².